The van der Waals surface area contributed by atoms with Gasteiger partial charge in [0.05, 0.1) is 0 Å². The van der Waals surface area contributed by atoms with Crippen molar-refractivity contribution in [2.75, 3.05) is 40.4 Å². The second kappa shape index (κ2) is 12.4. The summed E-state index contributed by atoms with van der Waals surface area (Å²) in [4.78, 5) is 21.0. The van der Waals surface area contributed by atoms with Gasteiger partial charge >= 0.3 is 0 Å². The van der Waals surface area contributed by atoms with E-state index in [0.717, 1.165) is 57.7 Å². The Morgan fingerprint density at radius 1 is 1.24 bits per heavy atom. The molecule has 0 aliphatic carbocycles. The van der Waals surface area contributed by atoms with Crippen LogP contribution in [0.1, 0.15) is 43.2 Å². The Morgan fingerprint density at radius 2 is 1.90 bits per heavy atom. The third-order valence-electron chi connectivity index (χ3n) is 5.83. The summed E-state index contributed by atoms with van der Waals surface area (Å²) in [6, 6.07) is 8.32. The predicted molar refractivity (Wildman–Crippen MR) is 127 cm³/mol. The lowest BCUT2D eigenvalue weighted by atomic mass is 9.96. The number of amides is 1. The van der Waals surface area contributed by atoms with Crippen molar-refractivity contribution < 1.29 is 9.53 Å². The second-order valence-electron chi connectivity index (χ2n) is 7.86. The SMILES string of the molecule is CN=C(NCCCC(=O)N1Cc2ccccc2C1)N(C)CCC1CCOCC1.I. The van der Waals surface area contributed by atoms with Crippen molar-refractivity contribution >= 4 is 35.8 Å². The molecule has 2 aliphatic rings. The fraction of sp³-hybridized carbons (Fsp3) is 0.636. The van der Waals surface area contributed by atoms with Crippen LogP contribution in [0, 0.1) is 5.92 Å². The number of ether oxygens (including phenoxy) is 1. The van der Waals surface area contributed by atoms with E-state index >= 15 is 0 Å². The quantitative estimate of drug-likeness (QED) is 0.263. The van der Waals surface area contributed by atoms with E-state index in [2.05, 4.69) is 34.4 Å². The van der Waals surface area contributed by atoms with Crippen molar-refractivity contribution in [2.24, 2.45) is 10.9 Å². The minimum atomic E-state index is 0. The summed E-state index contributed by atoms with van der Waals surface area (Å²) in [5.74, 6) is 1.91. The molecule has 1 aromatic rings. The maximum absolute atomic E-state index is 12.5. The predicted octanol–water partition coefficient (Wildman–Crippen LogP) is 3.25. The van der Waals surface area contributed by atoms with E-state index in [9.17, 15) is 4.79 Å². The molecule has 2 heterocycles. The first-order valence-corrected chi connectivity index (χ1v) is 10.5. The van der Waals surface area contributed by atoms with E-state index in [1.807, 2.05) is 24.1 Å². The number of aliphatic imine (C=N–C) groups is 1. The van der Waals surface area contributed by atoms with Crippen LogP contribution in [0.5, 0.6) is 0 Å². The molecule has 162 valence electrons. The standard InChI is InChI=1S/C22H34N4O2.HI/c1-23-22(25(2)13-9-18-10-14-28-15-11-18)24-12-5-8-21(27)26-16-19-6-3-4-7-20(19)17-26;/h3-4,6-7,18H,5,8-17H2,1-2H3,(H,23,24);1H. The highest BCUT2D eigenvalue weighted by molar-refractivity contribution is 14.0. The Hall–Kier alpha value is -1.35. The number of nitrogens with one attached hydrogen (secondary N) is 1. The Kier molecular flexibility index (Phi) is 10.2. The molecule has 0 radical (unpaired) electrons. The first kappa shape index (κ1) is 23.9. The van der Waals surface area contributed by atoms with E-state index < -0.39 is 0 Å². The fourth-order valence-electron chi connectivity index (χ4n) is 4.01. The first-order chi connectivity index (χ1) is 13.7. The zero-order valence-electron chi connectivity index (χ0n) is 17.7. The van der Waals surface area contributed by atoms with Crippen LogP contribution in [0.4, 0.5) is 0 Å². The molecule has 3 rings (SSSR count). The van der Waals surface area contributed by atoms with Crippen molar-refractivity contribution in [3.05, 3.63) is 35.4 Å². The van der Waals surface area contributed by atoms with Crippen LogP contribution in [-0.4, -0.2) is 62.1 Å². The smallest absolute Gasteiger partial charge is 0.223 e. The molecule has 1 N–H and O–H groups in total. The Bertz CT molecular complexity index is 652. The summed E-state index contributed by atoms with van der Waals surface area (Å²) in [6.07, 6.45) is 4.90. The van der Waals surface area contributed by atoms with Gasteiger partial charge in [-0.3, -0.25) is 9.79 Å². The fourth-order valence-corrected chi connectivity index (χ4v) is 4.01. The lowest BCUT2D eigenvalue weighted by Crippen LogP contribution is -2.40. The third-order valence-corrected chi connectivity index (χ3v) is 5.83. The molecule has 0 bridgehead atoms. The summed E-state index contributed by atoms with van der Waals surface area (Å²) >= 11 is 0. The summed E-state index contributed by atoms with van der Waals surface area (Å²) < 4.78 is 5.43. The summed E-state index contributed by atoms with van der Waals surface area (Å²) in [5.41, 5.74) is 2.56. The minimum absolute atomic E-state index is 0. The maximum atomic E-state index is 12.5. The number of fused-ring (bicyclic) bond motifs is 1. The molecule has 1 fully saturated rings. The molecule has 0 saturated carbocycles. The summed E-state index contributed by atoms with van der Waals surface area (Å²) in [5, 5.41) is 3.40. The van der Waals surface area contributed by atoms with Crippen LogP contribution in [0.15, 0.2) is 29.3 Å². The van der Waals surface area contributed by atoms with Gasteiger partial charge in [0, 0.05) is 59.9 Å². The molecule has 1 aromatic carbocycles. The monoisotopic (exact) mass is 514 g/mol. The van der Waals surface area contributed by atoms with Gasteiger partial charge in [-0.15, -0.1) is 24.0 Å². The van der Waals surface area contributed by atoms with Gasteiger partial charge in [-0.1, -0.05) is 24.3 Å². The maximum Gasteiger partial charge on any atom is 0.223 e. The molecule has 0 unspecified atom stereocenters. The van der Waals surface area contributed by atoms with E-state index in [1.54, 1.807) is 0 Å². The molecule has 7 heteroatoms. The van der Waals surface area contributed by atoms with Crippen molar-refractivity contribution in [2.45, 2.75) is 45.2 Å². The van der Waals surface area contributed by atoms with Crippen LogP contribution in [-0.2, 0) is 22.6 Å². The third kappa shape index (κ3) is 7.13. The highest BCUT2D eigenvalue weighted by Crippen LogP contribution is 2.23. The van der Waals surface area contributed by atoms with Crippen LogP contribution < -0.4 is 5.32 Å². The number of rotatable bonds is 7. The molecule has 0 atom stereocenters. The molecule has 6 nitrogen and oxygen atoms in total. The van der Waals surface area contributed by atoms with Gasteiger partial charge in [0.15, 0.2) is 5.96 Å². The molecule has 2 aliphatic heterocycles. The van der Waals surface area contributed by atoms with Gasteiger partial charge in [0.2, 0.25) is 5.91 Å². The second-order valence-corrected chi connectivity index (χ2v) is 7.86. The molecule has 29 heavy (non-hydrogen) atoms. The average Bonchev–Trinajstić information content (AvgIpc) is 3.17. The number of nitrogens with zero attached hydrogens (tertiary/aromatic N) is 3. The van der Waals surface area contributed by atoms with Gasteiger partial charge in [0.25, 0.3) is 0 Å². The topological polar surface area (TPSA) is 57.2 Å². The van der Waals surface area contributed by atoms with Crippen molar-refractivity contribution in [1.29, 1.82) is 0 Å². The van der Waals surface area contributed by atoms with Crippen LogP contribution in [0.25, 0.3) is 0 Å². The van der Waals surface area contributed by atoms with Crippen molar-refractivity contribution in [3.63, 3.8) is 0 Å². The molecular weight excluding hydrogens is 479 g/mol. The lowest BCUT2D eigenvalue weighted by Gasteiger charge is -2.26. The van der Waals surface area contributed by atoms with Crippen LogP contribution in [0.2, 0.25) is 0 Å². The molecule has 0 aromatic heterocycles. The van der Waals surface area contributed by atoms with Crippen LogP contribution >= 0.6 is 24.0 Å². The normalized spacial score (nSPS) is 16.9. The number of hydrogen-bond donors (Lipinski definition) is 1. The number of benzene rings is 1. The summed E-state index contributed by atoms with van der Waals surface area (Å²) in [6.45, 7) is 5.06. The minimum Gasteiger partial charge on any atom is -0.381 e. The number of halogens is 1. The van der Waals surface area contributed by atoms with Gasteiger partial charge in [-0.2, -0.15) is 0 Å². The van der Waals surface area contributed by atoms with E-state index in [0.29, 0.717) is 6.42 Å². The van der Waals surface area contributed by atoms with Crippen LogP contribution in [0.3, 0.4) is 0 Å². The number of hydrogen-bond acceptors (Lipinski definition) is 3. The van der Waals surface area contributed by atoms with Gasteiger partial charge in [-0.05, 0) is 42.7 Å². The molecular formula is C22H35IN4O2. The van der Waals surface area contributed by atoms with Crippen molar-refractivity contribution in [1.82, 2.24) is 15.1 Å². The number of carbonyl (C=O) groups is 1. The zero-order chi connectivity index (χ0) is 19.8. The van der Waals surface area contributed by atoms with E-state index in [1.165, 1.54) is 30.4 Å². The molecule has 0 spiro atoms. The highest BCUT2D eigenvalue weighted by Gasteiger charge is 2.22. The molecule has 1 saturated heterocycles. The lowest BCUT2D eigenvalue weighted by molar-refractivity contribution is -0.131. The van der Waals surface area contributed by atoms with Gasteiger partial charge < -0.3 is 19.9 Å². The average molecular weight is 514 g/mol. The van der Waals surface area contributed by atoms with Crippen molar-refractivity contribution in [3.8, 4) is 0 Å². The highest BCUT2D eigenvalue weighted by atomic mass is 127. The Morgan fingerprint density at radius 3 is 2.52 bits per heavy atom. The summed E-state index contributed by atoms with van der Waals surface area (Å²) in [7, 11) is 3.90. The van der Waals surface area contributed by atoms with Gasteiger partial charge in [0.1, 0.15) is 0 Å². The zero-order valence-corrected chi connectivity index (χ0v) is 20.1. The largest absolute Gasteiger partial charge is 0.381 e. The number of guanidine groups is 1. The van der Waals surface area contributed by atoms with E-state index in [4.69, 9.17) is 4.74 Å². The first-order valence-electron chi connectivity index (χ1n) is 10.5. The van der Waals surface area contributed by atoms with Gasteiger partial charge in [-0.25, -0.2) is 0 Å². The van der Waals surface area contributed by atoms with E-state index in [-0.39, 0.29) is 29.9 Å². The molecule has 1 amide bonds. The Labute approximate surface area is 192 Å². The Balaban J connectivity index is 0.00000300. The number of carbonyl (C=O) groups excluding carboxylic acids is 1.